The molecule has 0 aliphatic heterocycles. The fourth-order valence-corrected chi connectivity index (χ4v) is 1.71. The highest BCUT2D eigenvalue weighted by molar-refractivity contribution is 7.80. The first-order chi connectivity index (χ1) is 7.72. The molecule has 0 aliphatic carbocycles. The van der Waals surface area contributed by atoms with Crippen molar-refractivity contribution in [2.75, 3.05) is 12.4 Å². The summed E-state index contributed by atoms with van der Waals surface area (Å²) in [6.45, 7) is 0.708. The van der Waals surface area contributed by atoms with Gasteiger partial charge in [0.15, 0.2) is 0 Å². The van der Waals surface area contributed by atoms with Crippen molar-refractivity contribution in [3.63, 3.8) is 0 Å². The van der Waals surface area contributed by atoms with Crippen LogP contribution in [0, 0.1) is 0 Å². The molecule has 0 aliphatic rings. The lowest BCUT2D eigenvalue weighted by molar-refractivity contribution is 0.304. The van der Waals surface area contributed by atoms with E-state index in [2.05, 4.69) is 12.6 Å². The van der Waals surface area contributed by atoms with E-state index in [4.69, 9.17) is 22.1 Å². The van der Waals surface area contributed by atoms with Crippen molar-refractivity contribution in [3.8, 4) is 5.75 Å². The van der Waals surface area contributed by atoms with Gasteiger partial charge in [0.1, 0.15) is 5.75 Å². The molecule has 0 amide bonds. The number of ether oxygens (including phenoxy) is 1. The van der Waals surface area contributed by atoms with Crippen LogP contribution in [0.3, 0.4) is 0 Å². The van der Waals surface area contributed by atoms with Gasteiger partial charge in [-0.25, -0.2) is 0 Å². The first kappa shape index (κ1) is 16.9. The van der Waals surface area contributed by atoms with Crippen molar-refractivity contribution < 1.29 is 4.74 Å². The summed E-state index contributed by atoms with van der Waals surface area (Å²) >= 11 is 9.98. The van der Waals surface area contributed by atoms with E-state index in [0.29, 0.717) is 11.6 Å². The van der Waals surface area contributed by atoms with Crippen molar-refractivity contribution in [3.05, 3.63) is 29.3 Å². The van der Waals surface area contributed by atoms with Gasteiger partial charge in [-0.15, -0.1) is 12.4 Å². The summed E-state index contributed by atoms with van der Waals surface area (Å²) < 4.78 is 5.56. The van der Waals surface area contributed by atoms with Crippen molar-refractivity contribution in [2.45, 2.75) is 25.3 Å². The fourth-order valence-electron chi connectivity index (χ4n) is 1.35. The van der Waals surface area contributed by atoms with Crippen LogP contribution in [0.2, 0.25) is 5.02 Å². The molecule has 1 unspecified atom stereocenters. The molecular weight excluding hydrogens is 277 g/mol. The summed E-state index contributed by atoms with van der Waals surface area (Å²) in [5.41, 5.74) is 5.75. The molecule has 1 rings (SSSR count). The molecule has 1 aromatic rings. The second kappa shape index (κ2) is 9.89. The lowest BCUT2D eigenvalue weighted by Gasteiger charge is -2.09. The van der Waals surface area contributed by atoms with Gasteiger partial charge in [-0.3, -0.25) is 0 Å². The Morgan fingerprint density at radius 3 is 2.76 bits per heavy atom. The van der Waals surface area contributed by atoms with Gasteiger partial charge in [0.25, 0.3) is 0 Å². The van der Waals surface area contributed by atoms with E-state index in [1.807, 2.05) is 24.3 Å². The van der Waals surface area contributed by atoms with E-state index in [-0.39, 0.29) is 18.4 Å². The quantitative estimate of drug-likeness (QED) is 0.596. The minimum Gasteiger partial charge on any atom is -0.494 e. The molecule has 1 atom stereocenters. The van der Waals surface area contributed by atoms with Crippen molar-refractivity contribution >= 4 is 36.6 Å². The minimum atomic E-state index is 0. The predicted octanol–water partition coefficient (Wildman–Crippen LogP) is 3.57. The van der Waals surface area contributed by atoms with Gasteiger partial charge in [-0.1, -0.05) is 17.7 Å². The molecular formula is C12H19Cl2NOS. The van der Waals surface area contributed by atoms with Gasteiger partial charge >= 0.3 is 0 Å². The van der Waals surface area contributed by atoms with Crippen LogP contribution in [0.25, 0.3) is 0 Å². The number of thiol groups is 1. The van der Waals surface area contributed by atoms with Gasteiger partial charge in [0.2, 0.25) is 0 Å². The van der Waals surface area contributed by atoms with Gasteiger partial charge in [-0.05, 0) is 37.5 Å². The van der Waals surface area contributed by atoms with Crippen LogP contribution in [0.1, 0.15) is 19.3 Å². The molecule has 0 saturated heterocycles. The summed E-state index contributed by atoms with van der Waals surface area (Å²) in [6.07, 6.45) is 3.08. The fraction of sp³-hybridized carbons (Fsp3) is 0.500. The Kier molecular flexibility index (Phi) is 9.84. The molecule has 1 aromatic carbocycles. The summed E-state index contributed by atoms with van der Waals surface area (Å²) in [5, 5.41) is 0.703. The number of rotatable bonds is 7. The Labute approximate surface area is 120 Å². The van der Waals surface area contributed by atoms with Crippen molar-refractivity contribution in [1.82, 2.24) is 0 Å². The highest BCUT2D eigenvalue weighted by atomic mass is 35.5. The molecule has 2 nitrogen and oxygen atoms in total. The zero-order valence-corrected chi connectivity index (χ0v) is 12.1. The highest BCUT2D eigenvalue weighted by Gasteiger charge is 1.99. The third-order valence-electron chi connectivity index (χ3n) is 2.27. The van der Waals surface area contributed by atoms with E-state index in [0.717, 1.165) is 30.8 Å². The SMILES string of the molecule is Cl.NC(CS)CCCCOc1cccc(Cl)c1. The minimum absolute atomic E-state index is 0. The number of nitrogens with two attached hydrogens (primary N) is 1. The van der Waals surface area contributed by atoms with Crippen LogP contribution in [0.5, 0.6) is 5.75 Å². The predicted molar refractivity (Wildman–Crippen MR) is 79.9 cm³/mol. The van der Waals surface area contributed by atoms with Gasteiger partial charge in [0, 0.05) is 16.8 Å². The van der Waals surface area contributed by atoms with Crippen LogP contribution in [-0.4, -0.2) is 18.4 Å². The molecule has 17 heavy (non-hydrogen) atoms. The van der Waals surface area contributed by atoms with Crippen LogP contribution in [0.15, 0.2) is 24.3 Å². The Balaban J connectivity index is 0.00000256. The average Bonchev–Trinajstić information content (AvgIpc) is 2.28. The van der Waals surface area contributed by atoms with E-state index in [1.54, 1.807) is 0 Å². The maximum Gasteiger partial charge on any atom is 0.120 e. The summed E-state index contributed by atoms with van der Waals surface area (Å²) in [7, 11) is 0. The first-order valence-corrected chi connectivity index (χ1v) is 6.48. The van der Waals surface area contributed by atoms with Gasteiger partial charge < -0.3 is 10.5 Å². The van der Waals surface area contributed by atoms with Crippen LogP contribution >= 0.6 is 36.6 Å². The number of hydrogen-bond donors (Lipinski definition) is 2. The van der Waals surface area contributed by atoms with Gasteiger partial charge in [-0.2, -0.15) is 12.6 Å². The smallest absolute Gasteiger partial charge is 0.120 e. The lowest BCUT2D eigenvalue weighted by atomic mass is 10.1. The summed E-state index contributed by atoms with van der Waals surface area (Å²) in [5.74, 6) is 1.57. The largest absolute Gasteiger partial charge is 0.494 e. The Hall–Kier alpha value is -0.0900. The number of benzene rings is 1. The topological polar surface area (TPSA) is 35.2 Å². The normalized spacial score (nSPS) is 11.7. The second-order valence-electron chi connectivity index (χ2n) is 3.74. The molecule has 2 N–H and O–H groups in total. The maximum absolute atomic E-state index is 5.84. The number of hydrogen-bond acceptors (Lipinski definition) is 3. The molecule has 0 heterocycles. The lowest BCUT2D eigenvalue weighted by Crippen LogP contribution is -2.21. The Morgan fingerprint density at radius 2 is 2.12 bits per heavy atom. The molecule has 0 bridgehead atoms. The van der Waals surface area contributed by atoms with E-state index >= 15 is 0 Å². The number of unbranched alkanes of at least 4 members (excludes halogenated alkanes) is 1. The van der Waals surface area contributed by atoms with E-state index in [9.17, 15) is 0 Å². The molecule has 98 valence electrons. The van der Waals surface area contributed by atoms with E-state index in [1.165, 1.54) is 0 Å². The maximum atomic E-state index is 5.84. The van der Waals surface area contributed by atoms with Gasteiger partial charge in [0.05, 0.1) is 6.61 Å². The number of halogens is 2. The monoisotopic (exact) mass is 295 g/mol. The summed E-state index contributed by atoms with van der Waals surface area (Å²) in [6, 6.07) is 7.65. The second-order valence-corrected chi connectivity index (χ2v) is 4.55. The Morgan fingerprint density at radius 1 is 1.35 bits per heavy atom. The average molecular weight is 296 g/mol. The first-order valence-electron chi connectivity index (χ1n) is 5.47. The molecule has 0 saturated carbocycles. The van der Waals surface area contributed by atoms with Crippen LogP contribution in [0.4, 0.5) is 0 Å². The van der Waals surface area contributed by atoms with Crippen LogP contribution in [-0.2, 0) is 0 Å². The molecule has 0 spiro atoms. The zero-order valence-electron chi connectivity index (χ0n) is 9.64. The highest BCUT2D eigenvalue weighted by Crippen LogP contribution is 2.17. The van der Waals surface area contributed by atoms with E-state index < -0.39 is 0 Å². The van der Waals surface area contributed by atoms with Crippen molar-refractivity contribution in [2.24, 2.45) is 5.73 Å². The molecule has 0 fully saturated rings. The van der Waals surface area contributed by atoms with Crippen LogP contribution < -0.4 is 10.5 Å². The summed E-state index contributed by atoms with van der Waals surface area (Å²) in [4.78, 5) is 0. The standard InChI is InChI=1S/C12H18ClNOS.ClH/c13-10-4-3-6-12(8-10)15-7-2-1-5-11(14)9-16;/h3-4,6,8,11,16H,1-2,5,7,9,14H2;1H. The third kappa shape index (κ3) is 7.77. The molecule has 5 heteroatoms. The van der Waals surface area contributed by atoms with Crippen molar-refractivity contribution in [1.29, 1.82) is 0 Å². The Bertz CT molecular complexity index is 312. The molecule has 0 aromatic heterocycles. The zero-order chi connectivity index (χ0) is 11.8. The molecule has 0 radical (unpaired) electrons. The third-order valence-corrected chi connectivity index (χ3v) is 2.97.